The molecule has 0 saturated heterocycles. The fraction of sp³-hybridized carbons (Fsp3) is 0.833. The second-order valence-electron chi connectivity index (χ2n) is 3.75. The summed E-state index contributed by atoms with van der Waals surface area (Å²) in [6.07, 6.45) is 0.949. The van der Waals surface area contributed by atoms with Gasteiger partial charge in [-0.25, -0.2) is 0 Å². The van der Waals surface area contributed by atoms with Gasteiger partial charge in [0.25, 0.3) is 0 Å². The van der Waals surface area contributed by atoms with E-state index < -0.39 is 0 Å². The molecule has 0 rings (SSSR count). The van der Waals surface area contributed by atoms with E-state index in [1.807, 2.05) is 13.8 Å². The Hall–Kier alpha value is -1.06. The van der Waals surface area contributed by atoms with Crippen LogP contribution in [-0.2, 0) is 19.1 Å². The molecule has 2 atom stereocenters. The maximum Gasteiger partial charge on any atom is 0.309 e. The van der Waals surface area contributed by atoms with Gasteiger partial charge in [0, 0.05) is 0 Å². The Morgan fingerprint density at radius 1 is 1.06 bits per heavy atom. The summed E-state index contributed by atoms with van der Waals surface area (Å²) < 4.78 is 9.81. The second kappa shape index (κ2) is 8.13. The van der Waals surface area contributed by atoms with Gasteiger partial charge in [-0.15, -0.1) is 0 Å². The van der Waals surface area contributed by atoms with Gasteiger partial charge in [-0.05, 0) is 19.8 Å². The first-order valence-electron chi connectivity index (χ1n) is 5.88. The average molecular weight is 230 g/mol. The van der Waals surface area contributed by atoms with E-state index in [1.165, 1.54) is 0 Å². The van der Waals surface area contributed by atoms with Crippen LogP contribution in [0.2, 0.25) is 0 Å². The van der Waals surface area contributed by atoms with E-state index in [4.69, 9.17) is 9.47 Å². The third-order valence-electron chi connectivity index (χ3n) is 2.61. The minimum atomic E-state index is -0.385. The van der Waals surface area contributed by atoms with Crippen molar-refractivity contribution in [2.24, 2.45) is 11.8 Å². The van der Waals surface area contributed by atoms with Crippen LogP contribution in [0, 0.1) is 11.8 Å². The summed E-state index contributed by atoms with van der Waals surface area (Å²) in [5, 5.41) is 0. The van der Waals surface area contributed by atoms with Crippen LogP contribution in [0.5, 0.6) is 0 Å². The lowest BCUT2D eigenvalue weighted by molar-refractivity contribution is -0.156. The molecular weight excluding hydrogens is 208 g/mol. The Bertz CT molecular complexity index is 225. The molecule has 0 bridgehead atoms. The predicted molar refractivity (Wildman–Crippen MR) is 60.8 cm³/mol. The number of hydrogen-bond donors (Lipinski definition) is 0. The van der Waals surface area contributed by atoms with Gasteiger partial charge in [-0.3, -0.25) is 9.59 Å². The second-order valence-corrected chi connectivity index (χ2v) is 3.75. The molecular formula is C12H22O4. The molecule has 0 aliphatic carbocycles. The first-order chi connectivity index (χ1) is 7.56. The number of hydrogen-bond acceptors (Lipinski definition) is 4. The van der Waals surface area contributed by atoms with Crippen LogP contribution >= 0.6 is 0 Å². The van der Waals surface area contributed by atoms with E-state index in [1.54, 1.807) is 13.8 Å². The zero-order chi connectivity index (χ0) is 12.6. The standard InChI is InChI=1S/C12H22O4/c1-5-9(4)10(12(14)16-7-3)8-11(13)15-6-2/h9-10H,5-8H2,1-4H3. The lowest BCUT2D eigenvalue weighted by atomic mass is 9.89. The van der Waals surface area contributed by atoms with Crippen molar-refractivity contribution in [3.63, 3.8) is 0 Å². The van der Waals surface area contributed by atoms with E-state index in [2.05, 4.69) is 0 Å². The van der Waals surface area contributed by atoms with E-state index in [-0.39, 0.29) is 30.2 Å². The number of carbonyl (C=O) groups excluding carboxylic acids is 2. The van der Waals surface area contributed by atoms with Gasteiger partial charge in [-0.1, -0.05) is 20.3 Å². The van der Waals surface area contributed by atoms with Gasteiger partial charge >= 0.3 is 11.9 Å². The fourth-order valence-electron chi connectivity index (χ4n) is 1.45. The molecule has 16 heavy (non-hydrogen) atoms. The van der Waals surface area contributed by atoms with E-state index in [0.29, 0.717) is 13.2 Å². The van der Waals surface area contributed by atoms with Gasteiger partial charge in [0.05, 0.1) is 25.6 Å². The van der Waals surface area contributed by atoms with Crippen LogP contribution < -0.4 is 0 Å². The highest BCUT2D eigenvalue weighted by Gasteiger charge is 2.28. The Labute approximate surface area is 97.3 Å². The van der Waals surface area contributed by atoms with Gasteiger partial charge in [0.1, 0.15) is 0 Å². The number of ether oxygens (including phenoxy) is 2. The summed E-state index contributed by atoms with van der Waals surface area (Å²) >= 11 is 0. The summed E-state index contributed by atoms with van der Waals surface area (Å²) in [5.74, 6) is -0.891. The Balaban J connectivity index is 4.42. The molecule has 4 heteroatoms. The molecule has 0 radical (unpaired) electrons. The average Bonchev–Trinajstić information content (AvgIpc) is 2.25. The first-order valence-corrected chi connectivity index (χ1v) is 5.88. The molecule has 0 aromatic heterocycles. The van der Waals surface area contributed by atoms with Crippen LogP contribution in [0.1, 0.15) is 40.5 Å². The van der Waals surface area contributed by atoms with Crippen LogP contribution in [-0.4, -0.2) is 25.2 Å². The van der Waals surface area contributed by atoms with E-state index in [0.717, 1.165) is 6.42 Å². The zero-order valence-corrected chi connectivity index (χ0v) is 10.6. The fourth-order valence-corrected chi connectivity index (χ4v) is 1.45. The van der Waals surface area contributed by atoms with Crippen molar-refractivity contribution in [1.29, 1.82) is 0 Å². The smallest absolute Gasteiger partial charge is 0.309 e. The zero-order valence-electron chi connectivity index (χ0n) is 10.6. The van der Waals surface area contributed by atoms with Crippen LogP contribution in [0.25, 0.3) is 0 Å². The molecule has 0 aliphatic rings. The van der Waals surface area contributed by atoms with Gasteiger partial charge in [0.15, 0.2) is 0 Å². The topological polar surface area (TPSA) is 52.6 Å². The summed E-state index contributed by atoms with van der Waals surface area (Å²) in [4.78, 5) is 23.0. The Morgan fingerprint density at radius 2 is 1.62 bits per heavy atom. The molecule has 2 unspecified atom stereocenters. The van der Waals surface area contributed by atoms with Crippen molar-refractivity contribution in [2.75, 3.05) is 13.2 Å². The highest BCUT2D eigenvalue weighted by Crippen LogP contribution is 2.21. The van der Waals surface area contributed by atoms with Crippen molar-refractivity contribution < 1.29 is 19.1 Å². The quantitative estimate of drug-likeness (QED) is 0.629. The molecule has 4 nitrogen and oxygen atoms in total. The molecule has 94 valence electrons. The largest absolute Gasteiger partial charge is 0.466 e. The molecule has 0 amide bonds. The summed E-state index contributed by atoms with van der Waals surface area (Å²) in [5.41, 5.74) is 0. The lowest BCUT2D eigenvalue weighted by Gasteiger charge is -2.20. The third kappa shape index (κ3) is 5.14. The van der Waals surface area contributed by atoms with E-state index in [9.17, 15) is 9.59 Å². The van der Waals surface area contributed by atoms with Crippen molar-refractivity contribution in [1.82, 2.24) is 0 Å². The molecule has 0 saturated carbocycles. The molecule has 0 N–H and O–H groups in total. The monoisotopic (exact) mass is 230 g/mol. The first kappa shape index (κ1) is 14.9. The minimum Gasteiger partial charge on any atom is -0.466 e. The summed E-state index contributed by atoms with van der Waals surface area (Å²) in [6, 6.07) is 0. The number of rotatable bonds is 7. The van der Waals surface area contributed by atoms with Crippen LogP contribution in [0.4, 0.5) is 0 Å². The third-order valence-corrected chi connectivity index (χ3v) is 2.61. The van der Waals surface area contributed by atoms with Gasteiger partial charge < -0.3 is 9.47 Å². The highest BCUT2D eigenvalue weighted by molar-refractivity contribution is 5.80. The van der Waals surface area contributed by atoms with Crippen molar-refractivity contribution in [3.05, 3.63) is 0 Å². The predicted octanol–water partition coefficient (Wildman–Crippen LogP) is 2.17. The summed E-state index contributed by atoms with van der Waals surface area (Å²) in [6.45, 7) is 8.13. The maximum atomic E-state index is 11.7. The van der Waals surface area contributed by atoms with Gasteiger partial charge in [0.2, 0.25) is 0 Å². The maximum absolute atomic E-state index is 11.7. The van der Waals surface area contributed by atoms with Gasteiger partial charge in [-0.2, -0.15) is 0 Å². The Morgan fingerprint density at radius 3 is 2.06 bits per heavy atom. The molecule has 0 fully saturated rings. The van der Waals surface area contributed by atoms with Crippen molar-refractivity contribution in [3.8, 4) is 0 Å². The number of carbonyl (C=O) groups is 2. The SMILES string of the molecule is CCOC(=O)CC(C(=O)OCC)C(C)CC. The summed E-state index contributed by atoms with van der Waals surface area (Å²) in [7, 11) is 0. The minimum absolute atomic E-state index is 0.113. The molecule has 0 aromatic rings. The van der Waals surface area contributed by atoms with Crippen LogP contribution in [0.3, 0.4) is 0 Å². The number of esters is 2. The highest BCUT2D eigenvalue weighted by atomic mass is 16.5. The van der Waals surface area contributed by atoms with Crippen molar-refractivity contribution >= 4 is 11.9 Å². The van der Waals surface area contributed by atoms with E-state index >= 15 is 0 Å². The molecule has 0 aliphatic heterocycles. The van der Waals surface area contributed by atoms with Crippen LogP contribution in [0.15, 0.2) is 0 Å². The lowest BCUT2D eigenvalue weighted by Crippen LogP contribution is -2.27. The molecule has 0 aromatic carbocycles. The van der Waals surface area contributed by atoms with Crippen molar-refractivity contribution in [2.45, 2.75) is 40.5 Å². The molecule has 0 heterocycles. The Kier molecular flexibility index (Phi) is 7.60. The molecule has 0 spiro atoms. The normalized spacial score (nSPS) is 14.0.